The molecule has 2 aromatic heterocycles. The Morgan fingerprint density at radius 1 is 1.07 bits per heavy atom. The zero-order chi connectivity index (χ0) is 28.6. The van der Waals surface area contributed by atoms with Gasteiger partial charge in [-0.1, -0.05) is 17.8 Å². The van der Waals surface area contributed by atoms with E-state index in [0.29, 0.717) is 43.4 Å². The summed E-state index contributed by atoms with van der Waals surface area (Å²) in [7, 11) is 0. The van der Waals surface area contributed by atoms with E-state index in [1.807, 2.05) is 4.90 Å². The van der Waals surface area contributed by atoms with Crippen molar-refractivity contribution in [3.8, 4) is 5.75 Å². The normalized spacial score (nSPS) is 21.1. The van der Waals surface area contributed by atoms with Gasteiger partial charge in [0.15, 0.2) is 23.1 Å². The summed E-state index contributed by atoms with van der Waals surface area (Å²) < 4.78 is 66.9. The smallest absolute Gasteiger partial charge is 0.324 e. The Morgan fingerprint density at radius 3 is 2.38 bits per heavy atom. The van der Waals surface area contributed by atoms with Crippen molar-refractivity contribution in [2.45, 2.75) is 50.4 Å². The fourth-order valence-corrected chi connectivity index (χ4v) is 5.18. The topological polar surface area (TPSA) is 106 Å². The fourth-order valence-electron chi connectivity index (χ4n) is 5.18. The van der Waals surface area contributed by atoms with Gasteiger partial charge in [0.2, 0.25) is 11.8 Å². The first-order valence-corrected chi connectivity index (χ1v) is 13.1. The number of piperidine rings is 1. The first-order valence-electron chi connectivity index (χ1n) is 13.1. The summed E-state index contributed by atoms with van der Waals surface area (Å²) in [6.07, 6.45) is 6.07. The zero-order valence-corrected chi connectivity index (χ0v) is 22.2. The number of alkyl halides is 1. The minimum atomic E-state index is -1.68. The summed E-state index contributed by atoms with van der Waals surface area (Å²) in [6, 6.07) is 1.18. The van der Waals surface area contributed by atoms with Crippen LogP contribution in [0.25, 0.3) is 0 Å². The van der Waals surface area contributed by atoms with Crippen LogP contribution in [0.4, 0.5) is 29.5 Å². The molecule has 0 radical (unpaired) electrons. The summed E-state index contributed by atoms with van der Waals surface area (Å²) in [6.45, 7) is 8.52. The second-order valence-corrected chi connectivity index (χ2v) is 10.7. The van der Waals surface area contributed by atoms with Gasteiger partial charge in [0.05, 0.1) is 12.4 Å². The Labute approximate surface area is 229 Å². The van der Waals surface area contributed by atoms with E-state index >= 15 is 0 Å². The van der Waals surface area contributed by atoms with E-state index in [1.54, 1.807) is 23.4 Å². The van der Waals surface area contributed by atoms with E-state index in [-0.39, 0.29) is 30.0 Å². The number of anilines is 2. The largest absolute Gasteiger partial charge is 0.483 e. The van der Waals surface area contributed by atoms with Crippen molar-refractivity contribution in [3.05, 3.63) is 66.0 Å². The highest BCUT2D eigenvalue weighted by Gasteiger charge is 2.35. The van der Waals surface area contributed by atoms with Gasteiger partial charge in [0.25, 0.3) is 0 Å². The van der Waals surface area contributed by atoms with Crippen LogP contribution in [0.15, 0.2) is 41.7 Å². The van der Waals surface area contributed by atoms with Crippen molar-refractivity contribution in [2.75, 3.05) is 36.0 Å². The number of nitrogens with zero attached hydrogens (tertiary/aromatic N) is 6. The summed E-state index contributed by atoms with van der Waals surface area (Å²) in [4.78, 5) is 16.7. The van der Waals surface area contributed by atoms with Crippen LogP contribution >= 0.6 is 0 Å². The molecule has 0 spiro atoms. The molecule has 0 bridgehead atoms. The van der Waals surface area contributed by atoms with Gasteiger partial charge in [-0.25, -0.2) is 27.5 Å². The number of nitrogens with two attached hydrogens (primary N) is 1. The van der Waals surface area contributed by atoms with Crippen LogP contribution in [0.2, 0.25) is 0 Å². The Balaban J connectivity index is 1.18. The van der Waals surface area contributed by atoms with E-state index in [9.17, 15) is 17.6 Å². The molecule has 4 heterocycles. The standard InChI is InChI=1S/C27H31F4N7O2/c1-4-23(15-5-7-37(8-6-15)26-35-24(36-40-26)27(2,3)31)39-16-11-33-25(34-12-16)38-13-18(22(32)14-38)17-9-20(29)21(30)10-19(17)28/h4,9-12,15,18,22-23H,1,5-8,13-14,32H2,2-3H3/t18-,22?,23+/m1/s1. The third-order valence-corrected chi connectivity index (χ3v) is 7.43. The van der Waals surface area contributed by atoms with Crippen molar-refractivity contribution >= 4 is 12.0 Å². The molecule has 40 heavy (non-hydrogen) atoms. The molecule has 214 valence electrons. The van der Waals surface area contributed by atoms with Crippen LogP contribution < -0.4 is 20.3 Å². The number of ether oxygens (including phenoxy) is 1. The summed E-state index contributed by atoms with van der Waals surface area (Å²) >= 11 is 0. The molecule has 2 N–H and O–H groups in total. The second-order valence-electron chi connectivity index (χ2n) is 10.7. The zero-order valence-electron chi connectivity index (χ0n) is 22.2. The Kier molecular flexibility index (Phi) is 7.67. The van der Waals surface area contributed by atoms with E-state index in [0.717, 1.165) is 18.9 Å². The molecule has 2 aliphatic rings. The molecule has 2 aliphatic heterocycles. The Hall–Kier alpha value is -3.74. The van der Waals surface area contributed by atoms with Gasteiger partial charge < -0.3 is 24.8 Å². The first kappa shape index (κ1) is 27.8. The molecule has 0 aliphatic carbocycles. The highest BCUT2D eigenvalue weighted by atomic mass is 19.2. The van der Waals surface area contributed by atoms with Crippen LogP contribution in [-0.2, 0) is 5.67 Å². The third-order valence-electron chi connectivity index (χ3n) is 7.43. The third kappa shape index (κ3) is 5.74. The number of hydrogen-bond donors (Lipinski definition) is 1. The highest BCUT2D eigenvalue weighted by molar-refractivity contribution is 5.39. The van der Waals surface area contributed by atoms with E-state index in [4.69, 9.17) is 15.0 Å². The molecule has 2 saturated heterocycles. The van der Waals surface area contributed by atoms with Crippen molar-refractivity contribution in [1.82, 2.24) is 20.1 Å². The van der Waals surface area contributed by atoms with E-state index in [2.05, 4.69) is 26.7 Å². The lowest BCUT2D eigenvalue weighted by Crippen LogP contribution is -2.39. The minimum absolute atomic E-state index is 0.0170. The maximum Gasteiger partial charge on any atom is 0.324 e. The number of halogens is 4. The van der Waals surface area contributed by atoms with Gasteiger partial charge in [-0.2, -0.15) is 4.98 Å². The van der Waals surface area contributed by atoms with Gasteiger partial charge in [-0.05, 0) is 38.3 Å². The quantitative estimate of drug-likeness (QED) is 0.245. The van der Waals surface area contributed by atoms with Crippen molar-refractivity contribution in [3.63, 3.8) is 0 Å². The molecule has 0 saturated carbocycles. The van der Waals surface area contributed by atoms with Crippen LogP contribution in [0.3, 0.4) is 0 Å². The van der Waals surface area contributed by atoms with Crippen LogP contribution in [0.5, 0.6) is 5.75 Å². The average Bonchev–Trinajstić information content (AvgIpc) is 3.58. The maximum absolute atomic E-state index is 14.3. The maximum atomic E-state index is 14.3. The second kappa shape index (κ2) is 11.0. The first-order chi connectivity index (χ1) is 19.0. The molecule has 1 unspecified atom stereocenters. The molecular weight excluding hydrogens is 530 g/mol. The Morgan fingerprint density at radius 2 is 1.75 bits per heavy atom. The van der Waals surface area contributed by atoms with Crippen LogP contribution in [-0.4, -0.2) is 58.4 Å². The molecule has 2 fully saturated rings. The molecule has 3 aromatic rings. The molecular formula is C27H31F4N7O2. The molecule has 1 aromatic carbocycles. The number of benzene rings is 1. The molecule has 3 atom stereocenters. The summed E-state index contributed by atoms with van der Waals surface area (Å²) in [5.41, 5.74) is 4.56. The van der Waals surface area contributed by atoms with Crippen LogP contribution in [0, 0.1) is 23.4 Å². The van der Waals surface area contributed by atoms with Crippen molar-refractivity contribution < 1.29 is 26.8 Å². The van der Waals surface area contributed by atoms with Gasteiger partial charge >= 0.3 is 6.01 Å². The molecule has 0 amide bonds. The monoisotopic (exact) mass is 561 g/mol. The van der Waals surface area contributed by atoms with Gasteiger partial charge in [0.1, 0.15) is 11.9 Å². The average molecular weight is 562 g/mol. The lowest BCUT2D eigenvalue weighted by Gasteiger charge is -2.34. The van der Waals surface area contributed by atoms with Crippen molar-refractivity contribution in [2.24, 2.45) is 11.7 Å². The molecule has 13 heteroatoms. The number of aromatic nitrogens is 4. The SMILES string of the molecule is C=C[C@H](Oc1cnc(N2CC(N)[C@@H](c3cc(F)c(F)cc3F)C2)nc1)C1CCN(c2nc(C(C)(C)F)no2)CC1. The molecule has 9 nitrogen and oxygen atoms in total. The van der Waals surface area contributed by atoms with E-state index < -0.39 is 35.1 Å². The van der Waals surface area contributed by atoms with Gasteiger partial charge in [0, 0.05) is 50.1 Å². The number of hydrogen-bond acceptors (Lipinski definition) is 9. The lowest BCUT2D eigenvalue weighted by molar-refractivity contribution is 0.155. The minimum Gasteiger partial charge on any atom is -0.483 e. The van der Waals surface area contributed by atoms with E-state index in [1.165, 1.54) is 13.8 Å². The Bertz CT molecular complexity index is 1340. The summed E-state index contributed by atoms with van der Waals surface area (Å²) in [5, 5.41) is 3.75. The predicted octanol–water partition coefficient (Wildman–Crippen LogP) is 4.26. The fraction of sp³-hybridized carbons (Fsp3) is 0.481. The lowest BCUT2D eigenvalue weighted by atomic mass is 9.91. The number of rotatable bonds is 8. The predicted molar refractivity (Wildman–Crippen MR) is 139 cm³/mol. The summed E-state index contributed by atoms with van der Waals surface area (Å²) in [5.74, 6) is -2.74. The van der Waals surface area contributed by atoms with Crippen LogP contribution in [0.1, 0.15) is 44.0 Å². The molecule has 5 rings (SSSR count). The van der Waals surface area contributed by atoms with Gasteiger partial charge in [-0.3, -0.25) is 0 Å². The highest BCUT2D eigenvalue weighted by Crippen LogP contribution is 2.33. The van der Waals surface area contributed by atoms with Crippen molar-refractivity contribution in [1.29, 1.82) is 0 Å². The van der Waals surface area contributed by atoms with Gasteiger partial charge in [-0.15, -0.1) is 0 Å².